The Bertz CT molecular complexity index is 2900. The summed E-state index contributed by atoms with van der Waals surface area (Å²) in [6, 6.07) is 57.8. The summed E-state index contributed by atoms with van der Waals surface area (Å²) in [6.07, 6.45) is 0. The smallest absolute Gasteiger partial charge is 0.101 e. The summed E-state index contributed by atoms with van der Waals surface area (Å²) in [4.78, 5) is 0. The van der Waals surface area contributed by atoms with Crippen LogP contribution in [0.4, 0.5) is 0 Å². The van der Waals surface area contributed by atoms with Crippen LogP contribution in [-0.4, -0.2) is 9.13 Å². The molecule has 0 radical (unpaired) electrons. The number of hydrogen-bond acceptors (Lipinski definition) is 3. The number of rotatable bonds is 4. The quantitative estimate of drug-likeness (QED) is 0.193. The average Bonchev–Trinajstić information content (AvgIpc) is 3.70. The highest BCUT2D eigenvalue weighted by Gasteiger charge is 2.18. The van der Waals surface area contributed by atoms with Crippen LogP contribution in [-0.2, 0) is 0 Å². The first kappa shape index (κ1) is 28.8. The molecule has 0 saturated carbocycles. The van der Waals surface area contributed by atoms with E-state index in [1.165, 1.54) is 0 Å². The van der Waals surface area contributed by atoms with Crippen molar-refractivity contribution in [1.82, 2.24) is 9.13 Å². The van der Waals surface area contributed by atoms with E-state index in [0.29, 0.717) is 16.7 Å². The molecule has 230 valence electrons. The van der Waals surface area contributed by atoms with Gasteiger partial charge in [-0.05, 0) is 77.4 Å². The topological polar surface area (TPSA) is 81.2 Å². The van der Waals surface area contributed by atoms with E-state index < -0.39 is 0 Å². The second-order valence-corrected chi connectivity index (χ2v) is 12.3. The second kappa shape index (κ2) is 11.4. The van der Waals surface area contributed by atoms with Crippen molar-refractivity contribution in [2.45, 2.75) is 0 Å². The van der Waals surface area contributed by atoms with Gasteiger partial charge in [-0.15, -0.1) is 0 Å². The highest BCUT2D eigenvalue weighted by Crippen LogP contribution is 2.38. The summed E-state index contributed by atoms with van der Waals surface area (Å²) >= 11 is 0. The molecule has 0 aliphatic rings. The molecule has 5 heteroatoms. The van der Waals surface area contributed by atoms with Crippen LogP contribution >= 0.6 is 0 Å². The molecule has 0 saturated heterocycles. The van der Waals surface area contributed by atoms with Gasteiger partial charge in [0.25, 0.3) is 0 Å². The zero-order chi connectivity index (χ0) is 33.8. The minimum absolute atomic E-state index is 0.562. The first-order chi connectivity index (χ1) is 24.7. The van der Waals surface area contributed by atoms with Gasteiger partial charge < -0.3 is 9.13 Å². The largest absolute Gasteiger partial charge is 0.309 e. The second-order valence-electron chi connectivity index (χ2n) is 12.3. The van der Waals surface area contributed by atoms with Crippen LogP contribution in [0.2, 0.25) is 0 Å². The van der Waals surface area contributed by atoms with Gasteiger partial charge in [-0.2, -0.15) is 15.8 Å². The fourth-order valence-electron chi connectivity index (χ4n) is 7.36. The van der Waals surface area contributed by atoms with Crippen molar-refractivity contribution < 1.29 is 0 Å². The van der Waals surface area contributed by atoms with E-state index >= 15 is 0 Å². The van der Waals surface area contributed by atoms with Crippen LogP contribution < -0.4 is 0 Å². The standard InChI is InChI=1S/C45H25N5/c46-26-29-14-21-44-39(23-29)38-9-3-6-12-43(38)50(44)45-24-30(27-47)13-20-35(45)32-17-15-31(16-18-32)33-19-22-40(34(25-33)28-48)49-41-10-4-1-7-36(41)37-8-2-5-11-42(37)49/h1-25H. The maximum absolute atomic E-state index is 10.4. The van der Waals surface area contributed by atoms with E-state index in [1.54, 1.807) is 0 Å². The Morgan fingerprint density at radius 1 is 0.360 bits per heavy atom. The van der Waals surface area contributed by atoms with Gasteiger partial charge in [0, 0.05) is 27.1 Å². The molecule has 5 nitrogen and oxygen atoms in total. The third-order valence-corrected chi connectivity index (χ3v) is 9.64. The molecule has 0 atom stereocenters. The minimum Gasteiger partial charge on any atom is -0.309 e. The molecule has 7 aromatic carbocycles. The first-order valence-corrected chi connectivity index (χ1v) is 16.3. The van der Waals surface area contributed by atoms with Crippen LogP contribution in [0, 0.1) is 34.0 Å². The van der Waals surface area contributed by atoms with Gasteiger partial charge >= 0.3 is 0 Å². The monoisotopic (exact) mass is 635 g/mol. The van der Waals surface area contributed by atoms with Gasteiger partial charge in [-0.3, -0.25) is 0 Å². The molecule has 2 heterocycles. The minimum atomic E-state index is 0.562. The summed E-state index contributed by atoms with van der Waals surface area (Å²) in [5.41, 5.74) is 11.5. The van der Waals surface area contributed by atoms with Crippen LogP contribution in [0.3, 0.4) is 0 Å². The lowest BCUT2D eigenvalue weighted by Gasteiger charge is -2.15. The third kappa shape index (κ3) is 4.38. The van der Waals surface area contributed by atoms with E-state index in [2.05, 4.69) is 94.1 Å². The number of nitrogens with zero attached hydrogens (tertiary/aromatic N) is 5. The number of aromatic nitrogens is 2. The van der Waals surface area contributed by atoms with Crippen LogP contribution in [0.5, 0.6) is 0 Å². The Hall–Kier alpha value is -7.39. The molecule has 50 heavy (non-hydrogen) atoms. The van der Waals surface area contributed by atoms with Gasteiger partial charge in [0.05, 0.1) is 62.3 Å². The van der Waals surface area contributed by atoms with Crippen molar-refractivity contribution in [1.29, 1.82) is 15.8 Å². The molecule has 9 aromatic rings. The molecule has 0 aliphatic carbocycles. The molecule has 0 bridgehead atoms. The number of nitriles is 3. The molecular formula is C45H25N5. The fourth-order valence-corrected chi connectivity index (χ4v) is 7.36. The SMILES string of the molecule is N#Cc1ccc(-c2ccc(-c3ccc(-n4c5ccccc5c5ccccc54)c(C#N)c3)cc2)c(-n2c3ccccc3c3cc(C#N)ccc32)c1. The van der Waals surface area contributed by atoms with Crippen molar-refractivity contribution in [2.24, 2.45) is 0 Å². The predicted molar refractivity (Wildman–Crippen MR) is 200 cm³/mol. The molecule has 0 aliphatic heterocycles. The summed E-state index contributed by atoms with van der Waals surface area (Å²) < 4.78 is 4.36. The Balaban J connectivity index is 1.16. The molecule has 0 spiro atoms. The van der Waals surface area contributed by atoms with Gasteiger partial charge in [0.15, 0.2) is 0 Å². The number of fused-ring (bicyclic) bond motifs is 6. The number of benzene rings is 7. The highest BCUT2D eigenvalue weighted by molar-refractivity contribution is 6.11. The fraction of sp³-hybridized carbons (Fsp3) is 0. The third-order valence-electron chi connectivity index (χ3n) is 9.64. The van der Waals surface area contributed by atoms with E-state index in [4.69, 9.17) is 0 Å². The van der Waals surface area contributed by atoms with Crippen molar-refractivity contribution >= 4 is 43.6 Å². The molecule has 2 aromatic heterocycles. The lowest BCUT2D eigenvalue weighted by molar-refractivity contribution is 1.17. The normalized spacial score (nSPS) is 11.1. The van der Waals surface area contributed by atoms with Gasteiger partial charge in [0.2, 0.25) is 0 Å². The molecular weight excluding hydrogens is 611 g/mol. The summed E-state index contributed by atoms with van der Waals surface area (Å²) in [7, 11) is 0. The van der Waals surface area contributed by atoms with E-state index in [1.807, 2.05) is 84.9 Å². The first-order valence-electron chi connectivity index (χ1n) is 16.3. The molecule has 0 fully saturated rings. The van der Waals surface area contributed by atoms with Crippen LogP contribution in [0.1, 0.15) is 16.7 Å². The Kier molecular flexibility index (Phi) is 6.56. The van der Waals surface area contributed by atoms with Crippen molar-refractivity contribution in [2.75, 3.05) is 0 Å². The average molecular weight is 636 g/mol. The highest BCUT2D eigenvalue weighted by atomic mass is 15.0. The van der Waals surface area contributed by atoms with E-state index in [9.17, 15) is 15.8 Å². The Morgan fingerprint density at radius 2 is 0.860 bits per heavy atom. The lowest BCUT2D eigenvalue weighted by atomic mass is 9.97. The van der Waals surface area contributed by atoms with Gasteiger partial charge in [0.1, 0.15) is 6.07 Å². The van der Waals surface area contributed by atoms with Gasteiger partial charge in [-0.25, -0.2) is 0 Å². The van der Waals surface area contributed by atoms with E-state index in [0.717, 1.165) is 77.2 Å². The molecule has 0 amide bonds. The van der Waals surface area contributed by atoms with Crippen molar-refractivity contribution in [3.8, 4) is 51.8 Å². The Labute approximate surface area is 287 Å². The molecule has 0 N–H and O–H groups in total. The Morgan fingerprint density at radius 3 is 1.48 bits per heavy atom. The lowest BCUT2D eigenvalue weighted by Crippen LogP contribution is -1.99. The zero-order valence-electron chi connectivity index (χ0n) is 26.7. The molecule has 0 unspecified atom stereocenters. The zero-order valence-corrected chi connectivity index (χ0v) is 26.7. The van der Waals surface area contributed by atoms with E-state index in [-0.39, 0.29) is 0 Å². The van der Waals surface area contributed by atoms with Crippen molar-refractivity contribution in [3.63, 3.8) is 0 Å². The molecule has 9 rings (SSSR count). The number of para-hydroxylation sites is 3. The predicted octanol–water partition coefficient (Wildman–Crippen LogP) is 10.8. The van der Waals surface area contributed by atoms with Crippen LogP contribution in [0.15, 0.2) is 152 Å². The van der Waals surface area contributed by atoms with Crippen LogP contribution in [0.25, 0.3) is 77.2 Å². The summed E-state index contributed by atoms with van der Waals surface area (Å²) in [5, 5.41) is 34.2. The maximum atomic E-state index is 10.4. The van der Waals surface area contributed by atoms with Gasteiger partial charge in [-0.1, -0.05) is 91.0 Å². The number of hydrogen-bond donors (Lipinski definition) is 0. The van der Waals surface area contributed by atoms with Crippen molar-refractivity contribution in [3.05, 3.63) is 168 Å². The maximum Gasteiger partial charge on any atom is 0.101 e. The summed E-state index contributed by atoms with van der Waals surface area (Å²) in [5.74, 6) is 0. The summed E-state index contributed by atoms with van der Waals surface area (Å²) in [6.45, 7) is 0.